The Hall–Kier alpha value is -2.48. The first-order chi connectivity index (χ1) is 14.8. The summed E-state index contributed by atoms with van der Waals surface area (Å²) < 4.78 is 12.9. The first-order valence-corrected chi connectivity index (χ1v) is 11.4. The lowest BCUT2D eigenvalue weighted by Crippen LogP contribution is -1.96. The number of hydrogen-bond acceptors (Lipinski definition) is 1. The smallest absolute Gasteiger partial charge is 0.126 e. The second-order valence-electron chi connectivity index (χ2n) is 9.19. The average molecular weight is 422 g/mol. The summed E-state index contributed by atoms with van der Waals surface area (Å²) in [5.41, 5.74) is 3.46. The van der Waals surface area contributed by atoms with Crippen molar-refractivity contribution in [2.75, 3.05) is 0 Å². The molecule has 0 saturated heterocycles. The van der Waals surface area contributed by atoms with Crippen molar-refractivity contribution in [3.63, 3.8) is 0 Å². The first-order valence-electron chi connectivity index (χ1n) is 11.4. The van der Waals surface area contributed by atoms with Gasteiger partial charge in [0.1, 0.15) is 5.82 Å². The molecule has 1 heterocycles. The molecule has 0 aliphatic carbocycles. The molecule has 0 bridgehead atoms. The van der Waals surface area contributed by atoms with Crippen molar-refractivity contribution in [1.29, 1.82) is 0 Å². The molecule has 0 unspecified atom stereocenters. The van der Waals surface area contributed by atoms with E-state index in [4.69, 9.17) is 0 Å². The summed E-state index contributed by atoms with van der Waals surface area (Å²) in [5.74, 6) is 1.91. The SMILES string of the molecule is CC(C)Cc1ccccc1.CC(C)Cc1ccccc1F.CC(C)Cc1ccccn1. The van der Waals surface area contributed by atoms with Gasteiger partial charge in [-0.05, 0) is 66.3 Å². The predicted molar refractivity (Wildman–Crippen MR) is 133 cm³/mol. The van der Waals surface area contributed by atoms with Crippen molar-refractivity contribution >= 4 is 0 Å². The topological polar surface area (TPSA) is 12.9 Å². The zero-order valence-electron chi connectivity index (χ0n) is 20.2. The molecule has 31 heavy (non-hydrogen) atoms. The van der Waals surface area contributed by atoms with Crippen molar-refractivity contribution in [2.45, 2.75) is 60.8 Å². The maximum Gasteiger partial charge on any atom is 0.126 e. The van der Waals surface area contributed by atoms with Crippen LogP contribution in [0, 0.1) is 23.6 Å². The molecule has 0 amide bonds. The fourth-order valence-corrected chi connectivity index (χ4v) is 3.13. The number of aromatic nitrogens is 1. The molecular weight excluding hydrogens is 381 g/mol. The monoisotopic (exact) mass is 421 g/mol. The third-order valence-corrected chi connectivity index (χ3v) is 4.42. The van der Waals surface area contributed by atoms with Crippen LogP contribution in [0.15, 0.2) is 79.0 Å². The van der Waals surface area contributed by atoms with E-state index in [1.165, 1.54) is 23.7 Å². The molecule has 168 valence electrons. The van der Waals surface area contributed by atoms with Crippen LogP contribution in [0.3, 0.4) is 0 Å². The van der Waals surface area contributed by atoms with Crippen molar-refractivity contribution in [1.82, 2.24) is 4.98 Å². The summed E-state index contributed by atoms with van der Waals surface area (Å²) in [6.07, 6.45) is 4.95. The summed E-state index contributed by atoms with van der Waals surface area (Å²) in [7, 11) is 0. The van der Waals surface area contributed by atoms with Gasteiger partial charge >= 0.3 is 0 Å². The molecule has 3 rings (SSSR count). The van der Waals surface area contributed by atoms with E-state index < -0.39 is 0 Å². The van der Waals surface area contributed by atoms with Gasteiger partial charge in [0.25, 0.3) is 0 Å². The zero-order chi connectivity index (χ0) is 23.1. The van der Waals surface area contributed by atoms with Gasteiger partial charge in [0.2, 0.25) is 0 Å². The largest absolute Gasteiger partial charge is 0.261 e. The minimum Gasteiger partial charge on any atom is -0.261 e. The van der Waals surface area contributed by atoms with Crippen LogP contribution in [0.25, 0.3) is 0 Å². The zero-order valence-corrected chi connectivity index (χ0v) is 20.2. The van der Waals surface area contributed by atoms with Gasteiger partial charge in [-0.3, -0.25) is 4.98 Å². The number of benzene rings is 2. The van der Waals surface area contributed by atoms with Gasteiger partial charge < -0.3 is 0 Å². The van der Waals surface area contributed by atoms with E-state index in [9.17, 15) is 4.39 Å². The fraction of sp³-hybridized carbons (Fsp3) is 0.414. The molecule has 0 saturated carbocycles. The minimum absolute atomic E-state index is 0.0822. The van der Waals surface area contributed by atoms with Gasteiger partial charge in [-0.15, -0.1) is 0 Å². The van der Waals surface area contributed by atoms with Crippen molar-refractivity contribution < 1.29 is 4.39 Å². The highest BCUT2D eigenvalue weighted by atomic mass is 19.1. The highest BCUT2D eigenvalue weighted by Crippen LogP contribution is 2.11. The Morgan fingerprint density at radius 3 is 1.68 bits per heavy atom. The average Bonchev–Trinajstić information content (AvgIpc) is 2.71. The lowest BCUT2D eigenvalue weighted by molar-refractivity contribution is 0.574. The molecule has 1 nitrogen and oxygen atoms in total. The van der Waals surface area contributed by atoms with Crippen LogP contribution in [0.5, 0.6) is 0 Å². The maximum absolute atomic E-state index is 12.9. The number of nitrogens with zero attached hydrogens (tertiary/aromatic N) is 1. The maximum atomic E-state index is 12.9. The summed E-state index contributed by atoms with van der Waals surface area (Å²) in [6, 6.07) is 23.6. The van der Waals surface area contributed by atoms with Gasteiger partial charge in [-0.1, -0.05) is 96.1 Å². The third kappa shape index (κ3) is 13.4. The van der Waals surface area contributed by atoms with E-state index in [-0.39, 0.29) is 5.82 Å². The second-order valence-corrected chi connectivity index (χ2v) is 9.19. The Balaban J connectivity index is 0.000000233. The van der Waals surface area contributed by atoms with Gasteiger partial charge in [0.05, 0.1) is 0 Å². The molecule has 0 aliphatic heterocycles. The van der Waals surface area contributed by atoms with Crippen LogP contribution < -0.4 is 0 Å². The Morgan fingerprint density at radius 1 is 0.613 bits per heavy atom. The highest BCUT2D eigenvalue weighted by Gasteiger charge is 2.01. The predicted octanol–water partition coefficient (Wildman–Crippen LogP) is 8.19. The quantitative estimate of drug-likeness (QED) is 0.391. The van der Waals surface area contributed by atoms with Gasteiger partial charge in [0.15, 0.2) is 0 Å². The molecule has 0 aliphatic rings. The molecule has 0 N–H and O–H groups in total. The normalized spacial score (nSPS) is 10.4. The van der Waals surface area contributed by atoms with Crippen LogP contribution in [-0.4, -0.2) is 4.98 Å². The molecule has 2 heteroatoms. The van der Waals surface area contributed by atoms with Crippen molar-refractivity contribution in [2.24, 2.45) is 17.8 Å². The van der Waals surface area contributed by atoms with E-state index in [1.807, 2.05) is 30.5 Å². The molecule has 0 spiro atoms. The van der Waals surface area contributed by atoms with E-state index in [0.29, 0.717) is 11.8 Å². The molecule has 3 aromatic rings. The summed E-state index contributed by atoms with van der Waals surface area (Å²) in [6.45, 7) is 13.1. The lowest BCUT2D eigenvalue weighted by atomic mass is 10.0. The van der Waals surface area contributed by atoms with E-state index in [2.05, 4.69) is 82.9 Å². The summed E-state index contributed by atoms with van der Waals surface area (Å²) in [4.78, 5) is 4.22. The van der Waals surface area contributed by atoms with E-state index in [0.717, 1.165) is 24.3 Å². The van der Waals surface area contributed by atoms with Gasteiger partial charge in [-0.25, -0.2) is 4.39 Å². The second kappa shape index (κ2) is 15.3. The van der Waals surface area contributed by atoms with Crippen LogP contribution >= 0.6 is 0 Å². The van der Waals surface area contributed by atoms with Crippen molar-refractivity contribution in [3.05, 3.63) is 102 Å². The Morgan fingerprint density at radius 2 is 1.16 bits per heavy atom. The van der Waals surface area contributed by atoms with Crippen LogP contribution in [0.1, 0.15) is 58.4 Å². The van der Waals surface area contributed by atoms with Gasteiger partial charge in [-0.2, -0.15) is 0 Å². The molecule has 0 atom stereocenters. The Bertz CT molecular complexity index is 765. The van der Waals surface area contributed by atoms with Gasteiger partial charge in [0, 0.05) is 11.9 Å². The number of hydrogen-bond donors (Lipinski definition) is 0. The van der Waals surface area contributed by atoms with Crippen molar-refractivity contribution in [3.8, 4) is 0 Å². The molecule has 2 aromatic carbocycles. The minimum atomic E-state index is -0.0822. The third-order valence-electron chi connectivity index (χ3n) is 4.42. The van der Waals surface area contributed by atoms with E-state index in [1.54, 1.807) is 6.07 Å². The highest BCUT2D eigenvalue weighted by molar-refractivity contribution is 5.17. The van der Waals surface area contributed by atoms with E-state index >= 15 is 0 Å². The number of rotatable bonds is 6. The Labute approximate surface area is 189 Å². The fourth-order valence-electron chi connectivity index (χ4n) is 3.13. The lowest BCUT2D eigenvalue weighted by Gasteiger charge is -2.04. The van der Waals surface area contributed by atoms with Crippen LogP contribution in [0.4, 0.5) is 4.39 Å². The number of halogens is 1. The standard InChI is InChI=1S/C10H13F.C10H14.C9H13N/c1-8(2)7-9-5-3-4-6-10(9)11;1-9(2)8-10-6-4-3-5-7-10;1-8(2)7-9-5-3-4-6-10-9/h3-6,8H,7H2,1-2H3;3-7,9H,8H2,1-2H3;3-6,8H,7H2,1-2H3. The molecule has 0 fully saturated rings. The molecule has 0 radical (unpaired) electrons. The number of pyridine rings is 1. The summed E-state index contributed by atoms with van der Waals surface area (Å²) in [5, 5.41) is 0. The first kappa shape index (κ1) is 26.6. The Kier molecular flexibility index (Phi) is 13.1. The van der Waals surface area contributed by atoms with Crippen LogP contribution in [0.2, 0.25) is 0 Å². The molecular formula is C29H40FN. The molecule has 1 aromatic heterocycles. The summed E-state index contributed by atoms with van der Waals surface area (Å²) >= 11 is 0. The van der Waals surface area contributed by atoms with Crippen LogP contribution in [-0.2, 0) is 19.3 Å².